The second-order valence-corrected chi connectivity index (χ2v) is 12.2. The van der Waals surface area contributed by atoms with Crippen LogP contribution in [0.2, 0.25) is 0 Å². The van der Waals surface area contributed by atoms with Gasteiger partial charge in [0.15, 0.2) is 0 Å². The summed E-state index contributed by atoms with van der Waals surface area (Å²) < 4.78 is 0. The molecule has 0 atom stereocenters. The van der Waals surface area contributed by atoms with Crippen LogP contribution >= 0.6 is 7.26 Å². The maximum absolute atomic E-state index is 12.2. The maximum Gasteiger partial charge on any atom is 0.246 e. The van der Waals surface area contributed by atoms with Gasteiger partial charge in [-0.2, -0.15) is 0 Å². The summed E-state index contributed by atoms with van der Waals surface area (Å²) in [5.41, 5.74) is 0.674. The molecule has 0 heterocycles. The minimum absolute atomic E-state index is 0.0270. The number of hydrogen-bond acceptors (Lipinski definition) is 2. The lowest BCUT2D eigenvalue weighted by molar-refractivity contribution is -0.117. The van der Waals surface area contributed by atoms with E-state index in [4.69, 9.17) is 0 Å². The van der Waals surface area contributed by atoms with Crippen molar-refractivity contribution in [3.8, 4) is 0 Å². The van der Waals surface area contributed by atoms with E-state index in [2.05, 4.69) is 108 Å². The Bertz CT molecular complexity index is 1010. The van der Waals surface area contributed by atoms with Gasteiger partial charge in [-0.3, -0.25) is 9.79 Å². The van der Waals surface area contributed by atoms with Crippen molar-refractivity contribution in [2.75, 3.05) is 12.7 Å². The zero-order chi connectivity index (χ0) is 24.8. The zero-order valence-electron chi connectivity index (χ0n) is 20.6. The molecule has 3 aromatic carbocycles. The molecule has 35 heavy (non-hydrogen) atoms. The van der Waals surface area contributed by atoms with Gasteiger partial charge in [-0.15, -0.1) is 0 Å². The number of rotatable bonds is 13. The molecule has 180 valence electrons. The summed E-state index contributed by atoms with van der Waals surface area (Å²) in [5.74, 6) is -0.0270. The smallest absolute Gasteiger partial charge is 0.246 e. The fourth-order valence-corrected chi connectivity index (χ4v) is 8.78. The molecular weight excluding hydrogens is 447 g/mol. The Hall–Kier alpha value is -3.29. The number of benzene rings is 3. The summed E-state index contributed by atoms with van der Waals surface area (Å²) in [4.78, 5) is 15.8. The van der Waals surface area contributed by atoms with Gasteiger partial charge in [-0.25, -0.2) is 0 Å². The minimum Gasteiger partial charge on any atom is -0.352 e. The molecule has 1 N–H and O–H groups in total. The van der Waals surface area contributed by atoms with E-state index in [1.807, 2.05) is 6.92 Å². The summed E-state index contributed by atoms with van der Waals surface area (Å²) in [6.45, 7) is 5.90. The van der Waals surface area contributed by atoms with Crippen molar-refractivity contribution in [1.29, 1.82) is 0 Å². The van der Waals surface area contributed by atoms with Gasteiger partial charge in [-0.05, 0) is 75.4 Å². The average molecular weight is 484 g/mol. The first kappa shape index (κ1) is 26.3. The van der Waals surface area contributed by atoms with Gasteiger partial charge in [0.2, 0.25) is 5.91 Å². The molecule has 0 aliphatic rings. The third-order valence-corrected chi connectivity index (χ3v) is 10.7. The summed E-state index contributed by atoms with van der Waals surface area (Å²) >= 11 is 0. The first-order chi connectivity index (χ1) is 17.2. The summed E-state index contributed by atoms with van der Waals surface area (Å²) in [7, 11) is -1.75. The van der Waals surface area contributed by atoms with E-state index in [0.717, 1.165) is 31.8 Å². The molecule has 0 saturated carbocycles. The molecule has 4 heteroatoms. The predicted octanol–water partition coefficient (Wildman–Crippen LogP) is 5.82. The van der Waals surface area contributed by atoms with E-state index in [0.29, 0.717) is 12.1 Å². The summed E-state index contributed by atoms with van der Waals surface area (Å²) in [6.07, 6.45) is 10.6. The van der Waals surface area contributed by atoms with Gasteiger partial charge < -0.3 is 5.32 Å². The second kappa shape index (κ2) is 14.2. The third kappa shape index (κ3) is 7.34. The van der Waals surface area contributed by atoms with Crippen molar-refractivity contribution >= 4 is 35.8 Å². The minimum atomic E-state index is -1.75. The largest absolute Gasteiger partial charge is 0.352 e. The third-order valence-electron chi connectivity index (χ3n) is 6.19. The number of aliphatic imine (C=N–C) groups is 1. The molecule has 3 nitrogen and oxygen atoms in total. The van der Waals surface area contributed by atoms with E-state index < -0.39 is 7.26 Å². The molecule has 3 aromatic rings. The van der Waals surface area contributed by atoms with E-state index in [1.54, 1.807) is 18.4 Å². The number of nitrogens with one attached hydrogen (secondary N) is 1. The highest BCUT2D eigenvalue weighted by atomic mass is 31.2. The summed E-state index contributed by atoms with van der Waals surface area (Å²) in [5, 5.41) is 7.33. The molecule has 0 aliphatic heterocycles. The van der Waals surface area contributed by atoms with Crippen LogP contribution < -0.4 is 21.2 Å². The van der Waals surface area contributed by atoms with Crippen molar-refractivity contribution < 1.29 is 4.79 Å². The number of nitrogens with zero attached hydrogens (tertiary/aromatic N) is 1. The molecule has 0 bridgehead atoms. The van der Waals surface area contributed by atoms with Crippen molar-refractivity contribution in [2.24, 2.45) is 4.99 Å². The number of amides is 1. The number of carbonyl (C=O) groups excluding carboxylic acids is 1. The van der Waals surface area contributed by atoms with Crippen LogP contribution in [0.25, 0.3) is 0 Å². The van der Waals surface area contributed by atoms with Gasteiger partial charge >= 0.3 is 0 Å². The van der Waals surface area contributed by atoms with Crippen LogP contribution in [0.4, 0.5) is 0 Å². The number of hydrogen-bond donors (Lipinski definition) is 1. The van der Waals surface area contributed by atoms with E-state index in [1.165, 1.54) is 15.9 Å². The molecule has 3 rings (SSSR count). The number of carbonyl (C=O) groups is 1. The van der Waals surface area contributed by atoms with Gasteiger partial charge in [-0.1, -0.05) is 67.1 Å². The monoisotopic (exact) mass is 483 g/mol. The fourth-order valence-electron chi connectivity index (χ4n) is 4.37. The number of allylic oxidation sites excluding steroid dienone is 2. The van der Waals surface area contributed by atoms with Crippen molar-refractivity contribution in [1.82, 2.24) is 5.32 Å². The Morgan fingerprint density at radius 3 is 1.77 bits per heavy atom. The normalized spacial score (nSPS) is 12.0. The Balaban J connectivity index is 1.65. The van der Waals surface area contributed by atoms with Crippen LogP contribution in [0, 0.1) is 0 Å². The predicted molar refractivity (Wildman–Crippen MR) is 154 cm³/mol. The Morgan fingerprint density at radius 1 is 0.800 bits per heavy atom. The van der Waals surface area contributed by atoms with Crippen LogP contribution in [0.15, 0.2) is 120 Å². The quantitative estimate of drug-likeness (QED) is 0.108. The maximum atomic E-state index is 12.2. The molecule has 0 aliphatic carbocycles. The lowest BCUT2D eigenvalue weighted by Gasteiger charge is -2.27. The van der Waals surface area contributed by atoms with Crippen molar-refractivity contribution in [2.45, 2.75) is 32.6 Å². The molecule has 0 saturated heterocycles. The number of unbranched alkanes of at least 4 members (excludes halogenated alkanes) is 3. The van der Waals surface area contributed by atoms with Crippen LogP contribution in [-0.2, 0) is 4.79 Å². The Kier molecular flexibility index (Phi) is 10.7. The lowest BCUT2D eigenvalue weighted by Crippen LogP contribution is -2.33. The molecule has 0 spiro atoms. The van der Waals surface area contributed by atoms with Gasteiger partial charge in [0.25, 0.3) is 0 Å². The standard InChI is InChI=1S/C31H35N2OP/c1-27(17-16-24-32-2)31(34)33-25-14-3-4-15-26-35(28-18-8-5-9-19-28,29-20-10-6-11-21-29)30-22-12-7-13-23-30/h5-13,16-24H,2-4,14-15,25-26H2,1H3/p+1/b24-16-,27-17+. The highest BCUT2D eigenvalue weighted by Gasteiger charge is 2.44. The van der Waals surface area contributed by atoms with Crippen LogP contribution in [0.3, 0.4) is 0 Å². The Labute approximate surface area is 211 Å². The van der Waals surface area contributed by atoms with E-state index in [-0.39, 0.29) is 5.91 Å². The SMILES string of the molecule is C=N/C=C\C=C(/C)C(=O)NCCCCCC[P+](c1ccccc1)(c1ccccc1)c1ccccc1. The van der Waals surface area contributed by atoms with Gasteiger partial charge in [0.05, 0.1) is 6.16 Å². The molecular formula is C31H36N2OP+. The van der Waals surface area contributed by atoms with Gasteiger partial charge in [0, 0.05) is 18.3 Å². The first-order valence-electron chi connectivity index (χ1n) is 12.3. The van der Waals surface area contributed by atoms with Gasteiger partial charge in [0.1, 0.15) is 23.2 Å². The fraction of sp³-hybridized carbons (Fsp3) is 0.226. The first-order valence-corrected chi connectivity index (χ1v) is 14.3. The second-order valence-electron chi connectivity index (χ2n) is 8.58. The zero-order valence-corrected chi connectivity index (χ0v) is 21.5. The Morgan fingerprint density at radius 2 is 1.29 bits per heavy atom. The molecule has 0 fully saturated rings. The van der Waals surface area contributed by atoms with Crippen molar-refractivity contribution in [3.05, 3.63) is 115 Å². The van der Waals surface area contributed by atoms with E-state index in [9.17, 15) is 4.79 Å². The molecule has 0 radical (unpaired) electrons. The highest BCUT2D eigenvalue weighted by Crippen LogP contribution is 2.55. The van der Waals surface area contributed by atoms with Crippen LogP contribution in [0.5, 0.6) is 0 Å². The topological polar surface area (TPSA) is 41.5 Å². The molecule has 0 aromatic heterocycles. The molecule has 1 amide bonds. The molecule has 0 unspecified atom stereocenters. The average Bonchev–Trinajstić information content (AvgIpc) is 2.92. The van der Waals surface area contributed by atoms with Crippen LogP contribution in [0.1, 0.15) is 32.6 Å². The highest BCUT2D eigenvalue weighted by molar-refractivity contribution is 7.95. The van der Waals surface area contributed by atoms with Crippen molar-refractivity contribution in [3.63, 3.8) is 0 Å². The lowest BCUT2D eigenvalue weighted by atomic mass is 10.2. The van der Waals surface area contributed by atoms with E-state index >= 15 is 0 Å². The summed E-state index contributed by atoms with van der Waals surface area (Å²) in [6, 6.07) is 33.1. The van der Waals surface area contributed by atoms with Crippen LogP contribution in [-0.4, -0.2) is 25.3 Å².